The quantitative estimate of drug-likeness (QED) is 0.802. The molecule has 1 aromatic rings. The summed E-state index contributed by atoms with van der Waals surface area (Å²) < 4.78 is 0. The Kier molecular flexibility index (Phi) is 4.10. The second kappa shape index (κ2) is 5.35. The van der Waals surface area contributed by atoms with E-state index in [-0.39, 0.29) is 5.91 Å². The van der Waals surface area contributed by atoms with Crippen LogP contribution in [0.25, 0.3) is 6.08 Å². The highest BCUT2D eigenvalue weighted by molar-refractivity contribution is 5.88. The lowest BCUT2D eigenvalue weighted by atomic mass is 10.1. The molecule has 0 aliphatic heterocycles. The van der Waals surface area contributed by atoms with E-state index in [1.807, 2.05) is 24.3 Å². The fourth-order valence-electron chi connectivity index (χ4n) is 1.23. The van der Waals surface area contributed by atoms with Gasteiger partial charge in [0.1, 0.15) is 0 Å². The predicted octanol–water partition coefficient (Wildman–Crippen LogP) is 3.31. The topological polar surface area (TPSA) is 29.1 Å². The molecule has 0 atom stereocenters. The Balaban J connectivity index is 2.78. The molecule has 1 N–H and O–H groups in total. The van der Waals surface area contributed by atoms with Gasteiger partial charge >= 0.3 is 0 Å². The third-order valence-electron chi connectivity index (χ3n) is 1.88. The maximum atomic E-state index is 10.9. The Morgan fingerprint density at radius 1 is 1.40 bits per heavy atom. The smallest absolute Gasteiger partial charge is 0.221 e. The second-order valence-electron chi connectivity index (χ2n) is 3.91. The summed E-state index contributed by atoms with van der Waals surface area (Å²) in [6.07, 6.45) is 4.20. The molecule has 0 aliphatic rings. The minimum Gasteiger partial charge on any atom is -0.326 e. The minimum atomic E-state index is -0.0417. The monoisotopic (exact) mass is 203 g/mol. The molecule has 1 rings (SSSR count). The molecule has 80 valence electrons. The van der Waals surface area contributed by atoms with E-state index in [9.17, 15) is 4.79 Å². The summed E-state index contributed by atoms with van der Waals surface area (Å²) in [7, 11) is 0. The number of hydrogen-bond donors (Lipinski definition) is 1. The molecule has 2 nitrogen and oxygen atoms in total. The average Bonchev–Trinajstić information content (AvgIpc) is 2.14. The van der Waals surface area contributed by atoms with Crippen molar-refractivity contribution in [1.29, 1.82) is 0 Å². The van der Waals surface area contributed by atoms with Crippen molar-refractivity contribution in [3.8, 4) is 0 Å². The van der Waals surface area contributed by atoms with Crippen LogP contribution >= 0.6 is 0 Å². The number of rotatable bonds is 3. The summed E-state index contributed by atoms with van der Waals surface area (Å²) in [4.78, 5) is 10.9. The third-order valence-corrected chi connectivity index (χ3v) is 1.88. The van der Waals surface area contributed by atoms with E-state index in [4.69, 9.17) is 0 Å². The summed E-state index contributed by atoms with van der Waals surface area (Å²) >= 11 is 0. The molecule has 0 unspecified atom stereocenters. The molecule has 0 spiro atoms. The first-order chi connectivity index (χ1) is 7.08. The fourth-order valence-corrected chi connectivity index (χ4v) is 1.23. The van der Waals surface area contributed by atoms with Crippen LogP contribution in [0.5, 0.6) is 0 Å². The molecule has 0 aliphatic carbocycles. The van der Waals surface area contributed by atoms with Crippen LogP contribution in [0, 0.1) is 5.92 Å². The van der Waals surface area contributed by atoms with Gasteiger partial charge in [0.05, 0.1) is 0 Å². The normalized spacial score (nSPS) is 10.9. The van der Waals surface area contributed by atoms with E-state index >= 15 is 0 Å². The number of hydrogen-bond acceptors (Lipinski definition) is 1. The van der Waals surface area contributed by atoms with Crippen LogP contribution in [0.3, 0.4) is 0 Å². The van der Waals surface area contributed by atoms with Crippen molar-refractivity contribution in [2.45, 2.75) is 20.8 Å². The van der Waals surface area contributed by atoms with Crippen molar-refractivity contribution in [3.63, 3.8) is 0 Å². The van der Waals surface area contributed by atoms with Gasteiger partial charge in [0.15, 0.2) is 0 Å². The SMILES string of the molecule is CC(=O)Nc1cccc(/C=C/C(C)C)c1. The van der Waals surface area contributed by atoms with E-state index in [0.29, 0.717) is 5.92 Å². The summed E-state index contributed by atoms with van der Waals surface area (Å²) in [6.45, 7) is 5.78. The third kappa shape index (κ3) is 4.45. The number of allylic oxidation sites excluding steroid dienone is 1. The Bertz CT molecular complexity index is 367. The zero-order valence-electron chi connectivity index (χ0n) is 9.45. The van der Waals surface area contributed by atoms with Gasteiger partial charge in [-0.05, 0) is 23.6 Å². The van der Waals surface area contributed by atoms with E-state index in [2.05, 4.69) is 31.3 Å². The number of nitrogens with one attached hydrogen (secondary N) is 1. The van der Waals surface area contributed by atoms with Crippen LogP contribution in [-0.4, -0.2) is 5.91 Å². The van der Waals surface area contributed by atoms with Crippen molar-refractivity contribution in [2.24, 2.45) is 5.92 Å². The maximum Gasteiger partial charge on any atom is 0.221 e. The number of amides is 1. The van der Waals surface area contributed by atoms with Gasteiger partial charge in [0.2, 0.25) is 5.91 Å². The van der Waals surface area contributed by atoms with Crippen molar-refractivity contribution < 1.29 is 4.79 Å². The van der Waals surface area contributed by atoms with Crippen LogP contribution in [0.1, 0.15) is 26.3 Å². The van der Waals surface area contributed by atoms with Crippen LogP contribution in [0.15, 0.2) is 30.3 Å². The minimum absolute atomic E-state index is 0.0417. The van der Waals surface area contributed by atoms with Gasteiger partial charge < -0.3 is 5.32 Å². The molecule has 0 heterocycles. The highest BCUT2D eigenvalue weighted by atomic mass is 16.1. The summed E-state index contributed by atoms with van der Waals surface area (Å²) in [6, 6.07) is 7.80. The van der Waals surface area contributed by atoms with Crippen molar-refractivity contribution in [1.82, 2.24) is 0 Å². The van der Waals surface area contributed by atoms with Gasteiger partial charge in [-0.25, -0.2) is 0 Å². The zero-order chi connectivity index (χ0) is 11.3. The first-order valence-corrected chi connectivity index (χ1v) is 5.14. The molecule has 0 saturated carbocycles. The molecule has 0 radical (unpaired) electrons. The molecular weight excluding hydrogens is 186 g/mol. The van der Waals surface area contributed by atoms with Crippen LogP contribution < -0.4 is 5.32 Å². The Morgan fingerprint density at radius 2 is 2.13 bits per heavy atom. The van der Waals surface area contributed by atoms with Crippen LogP contribution in [-0.2, 0) is 4.79 Å². The standard InChI is InChI=1S/C13H17NO/c1-10(2)7-8-12-5-4-6-13(9-12)14-11(3)15/h4-10H,1-3H3,(H,14,15)/b8-7+. The second-order valence-corrected chi connectivity index (χ2v) is 3.91. The molecule has 0 fully saturated rings. The molecule has 0 aromatic heterocycles. The lowest BCUT2D eigenvalue weighted by Crippen LogP contribution is -2.05. The number of anilines is 1. The van der Waals surface area contributed by atoms with Gasteiger partial charge in [-0.15, -0.1) is 0 Å². The van der Waals surface area contributed by atoms with Gasteiger partial charge in [-0.3, -0.25) is 4.79 Å². The Hall–Kier alpha value is -1.57. The molecule has 1 amide bonds. The summed E-state index contributed by atoms with van der Waals surface area (Å²) in [5.74, 6) is 0.495. The first kappa shape index (κ1) is 11.5. The van der Waals surface area contributed by atoms with Gasteiger partial charge in [-0.2, -0.15) is 0 Å². The molecule has 0 saturated heterocycles. The van der Waals surface area contributed by atoms with E-state index in [1.54, 1.807) is 0 Å². The van der Waals surface area contributed by atoms with Crippen molar-refractivity contribution >= 4 is 17.7 Å². The molecule has 1 aromatic carbocycles. The Morgan fingerprint density at radius 3 is 2.73 bits per heavy atom. The molecule has 0 bridgehead atoms. The highest BCUT2D eigenvalue weighted by Gasteiger charge is 1.95. The van der Waals surface area contributed by atoms with E-state index < -0.39 is 0 Å². The summed E-state index contributed by atoms with van der Waals surface area (Å²) in [5.41, 5.74) is 1.95. The average molecular weight is 203 g/mol. The number of carbonyl (C=O) groups excluding carboxylic acids is 1. The largest absolute Gasteiger partial charge is 0.326 e. The molecule has 15 heavy (non-hydrogen) atoms. The summed E-state index contributed by atoms with van der Waals surface area (Å²) in [5, 5.41) is 2.76. The van der Waals surface area contributed by atoms with E-state index in [0.717, 1.165) is 11.3 Å². The van der Waals surface area contributed by atoms with Gasteiger partial charge in [0, 0.05) is 12.6 Å². The lowest BCUT2D eigenvalue weighted by molar-refractivity contribution is -0.114. The number of benzene rings is 1. The van der Waals surface area contributed by atoms with Gasteiger partial charge in [-0.1, -0.05) is 38.1 Å². The van der Waals surface area contributed by atoms with Gasteiger partial charge in [0.25, 0.3) is 0 Å². The van der Waals surface area contributed by atoms with Crippen molar-refractivity contribution in [3.05, 3.63) is 35.9 Å². The van der Waals surface area contributed by atoms with Crippen LogP contribution in [0.4, 0.5) is 5.69 Å². The van der Waals surface area contributed by atoms with Crippen LogP contribution in [0.2, 0.25) is 0 Å². The fraction of sp³-hybridized carbons (Fsp3) is 0.308. The molecular formula is C13H17NO. The van der Waals surface area contributed by atoms with Crippen molar-refractivity contribution in [2.75, 3.05) is 5.32 Å². The zero-order valence-corrected chi connectivity index (χ0v) is 9.45. The Labute approximate surface area is 91.0 Å². The molecule has 2 heteroatoms. The highest BCUT2D eigenvalue weighted by Crippen LogP contribution is 2.12. The maximum absolute atomic E-state index is 10.9. The number of carbonyl (C=O) groups is 1. The van der Waals surface area contributed by atoms with E-state index in [1.165, 1.54) is 6.92 Å². The first-order valence-electron chi connectivity index (χ1n) is 5.14. The lowest BCUT2D eigenvalue weighted by Gasteiger charge is -2.02. The predicted molar refractivity (Wildman–Crippen MR) is 64.6 cm³/mol.